The highest BCUT2D eigenvalue weighted by Crippen LogP contribution is 2.31. The maximum atomic E-state index is 14.4. The normalized spacial score (nSPS) is 10.8. The van der Waals surface area contributed by atoms with Crippen molar-refractivity contribution in [2.45, 2.75) is 40.5 Å². The summed E-state index contributed by atoms with van der Waals surface area (Å²) < 4.78 is 21.6. The van der Waals surface area contributed by atoms with Crippen molar-refractivity contribution in [1.29, 1.82) is 0 Å². The maximum Gasteiger partial charge on any atom is 0.303 e. The molecule has 31 heavy (non-hydrogen) atoms. The number of aliphatic carboxylic acids is 1. The summed E-state index contributed by atoms with van der Waals surface area (Å²) in [6.45, 7) is 8.00. The quantitative estimate of drug-likeness (QED) is 0.436. The number of imidazole rings is 1. The number of halogens is 2. The van der Waals surface area contributed by atoms with Gasteiger partial charge in [-0.2, -0.15) is 4.98 Å². The lowest BCUT2D eigenvalue weighted by Gasteiger charge is -2.05. The third-order valence-corrected chi connectivity index (χ3v) is 5.09. The van der Waals surface area contributed by atoms with Crippen LogP contribution in [0, 0.1) is 19.7 Å². The van der Waals surface area contributed by atoms with E-state index in [1.165, 1.54) is 12.1 Å². The monoisotopic (exact) mass is 444 g/mol. The molecule has 0 unspecified atom stereocenters. The molecule has 0 aliphatic rings. The Morgan fingerprint density at radius 1 is 1.23 bits per heavy atom. The maximum absolute atomic E-state index is 14.4. The first-order valence-electron chi connectivity index (χ1n) is 9.83. The molecule has 0 bridgehead atoms. The van der Waals surface area contributed by atoms with Crippen LogP contribution in [0.5, 0.6) is 0 Å². The molecule has 0 saturated carbocycles. The van der Waals surface area contributed by atoms with E-state index < -0.39 is 11.8 Å². The number of carboxylic acids is 1. The van der Waals surface area contributed by atoms with E-state index in [-0.39, 0.29) is 40.7 Å². The summed E-state index contributed by atoms with van der Waals surface area (Å²) >= 11 is 6.25. The number of aromatic nitrogens is 4. The van der Waals surface area contributed by atoms with E-state index in [1.807, 2.05) is 44.2 Å². The summed E-state index contributed by atoms with van der Waals surface area (Å²) in [5.74, 6) is -1.27. The summed E-state index contributed by atoms with van der Waals surface area (Å²) in [4.78, 5) is 19.5. The van der Waals surface area contributed by atoms with Crippen LogP contribution in [-0.2, 0) is 11.2 Å². The van der Waals surface area contributed by atoms with Crippen molar-refractivity contribution >= 4 is 23.2 Å². The van der Waals surface area contributed by atoms with Gasteiger partial charge in [0.1, 0.15) is 17.2 Å². The lowest BCUT2D eigenvalue weighted by atomic mass is 10.1. The highest BCUT2D eigenvalue weighted by molar-refractivity contribution is 6.33. The number of nitrogens with zero attached hydrogens (tertiary/aromatic N) is 4. The SMILES string of the molecule is CC.Cc1ccc2nc(-c3nc(-c4cc(F)c(CCC(=O)O)cc4Cl)no3)cn2c1C. The van der Waals surface area contributed by atoms with E-state index in [2.05, 4.69) is 15.1 Å². The van der Waals surface area contributed by atoms with Crippen LogP contribution < -0.4 is 0 Å². The number of aryl methyl sites for hydroxylation is 3. The Hall–Kier alpha value is -3.26. The molecular weight excluding hydrogens is 423 g/mol. The zero-order valence-electron chi connectivity index (χ0n) is 17.6. The Bertz CT molecular complexity index is 1250. The number of pyridine rings is 1. The zero-order valence-corrected chi connectivity index (χ0v) is 18.4. The van der Waals surface area contributed by atoms with Gasteiger partial charge in [0, 0.05) is 23.9 Å². The lowest BCUT2D eigenvalue weighted by Crippen LogP contribution is -2.00. The van der Waals surface area contributed by atoms with Crippen LogP contribution in [0.1, 0.15) is 37.1 Å². The molecule has 0 aliphatic carbocycles. The molecule has 3 aromatic heterocycles. The topological polar surface area (TPSA) is 93.5 Å². The fourth-order valence-corrected chi connectivity index (χ4v) is 3.29. The van der Waals surface area contributed by atoms with Gasteiger partial charge in [0.25, 0.3) is 5.89 Å². The summed E-state index contributed by atoms with van der Waals surface area (Å²) in [6, 6.07) is 6.45. The third-order valence-electron chi connectivity index (χ3n) is 4.78. The van der Waals surface area contributed by atoms with Gasteiger partial charge in [-0.05, 0) is 49.6 Å². The summed E-state index contributed by atoms with van der Waals surface area (Å²) in [5, 5.41) is 12.9. The van der Waals surface area contributed by atoms with Crippen LogP contribution in [0.25, 0.3) is 28.6 Å². The molecule has 7 nitrogen and oxygen atoms in total. The number of benzene rings is 1. The Morgan fingerprint density at radius 3 is 2.68 bits per heavy atom. The first-order chi connectivity index (χ1) is 14.8. The molecule has 0 radical (unpaired) electrons. The number of fused-ring (bicyclic) bond motifs is 1. The van der Waals surface area contributed by atoms with Gasteiger partial charge < -0.3 is 14.0 Å². The highest BCUT2D eigenvalue weighted by atomic mass is 35.5. The van der Waals surface area contributed by atoms with E-state index in [0.29, 0.717) is 5.69 Å². The molecule has 3 heterocycles. The molecule has 0 fully saturated rings. The van der Waals surface area contributed by atoms with Crippen molar-refractivity contribution in [2.24, 2.45) is 0 Å². The predicted molar refractivity (Wildman–Crippen MR) is 116 cm³/mol. The van der Waals surface area contributed by atoms with E-state index in [0.717, 1.165) is 16.9 Å². The number of carboxylic acid groups (broad SMARTS) is 1. The van der Waals surface area contributed by atoms with E-state index in [4.69, 9.17) is 21.2 Å². The smallest absolute Gasteiger partial charge is 0.303 e. The van der Waals surface area contributed by atoms with Crippen molar-refractivity contribution in [2.75, 3.05) is 0 Å². The van der Waals surface area contributed by atoms with Crippen molar-refractivity contribution in [1.82, 2.24) is 19.5 Å². The fraction of sp³-hybridized carbons (Fsp3) is 0.273. The zero-order chi connectivity index (χ0) is 22.7. The molecule has 1 N–H and O–H groups in total. The van der Waals surface area contributed by atoms with Crippen LogP contribution in [0.4, 0.5) is 4.39 Å². The summed E-state index contributed by atoms with van der Waals surface area (Å²) in [5.41, 5.74) is 3.88. The van der Waals surface area contributed by atoms with Crippen LogP contribution in [-0.4, -0.2) is 30.6 Å². The Kier molecular flexibility index (Phi) is 6.70. The average molecular weight is 445 g/mol. The number of hydrogen-bond acceptors (Lipinski definition) is 5. The van der Waals surface area contributed by atoms with Gasteiger partial charge in [0.05, 0.1) is 5.02 Å². The highest BCUT2D eigenvalue weighted by Gasteiger charge is 2.18. The first kappa shape index (κ1) is 22.4. The predicted octanol–water partition coefficient (Wildman–Crippen LogP) is 5.50. The molecule has 0 aliphatic heterocycles. The van der Waals surface area contributed by atoms with Crippen molar-refractivity contribution in [3.05, 3.63) is 58.1 Å². The first-order valence-corrected chi connectivity index (χ1v) is 10.2. The van der Waals surface area contributed by atoms with Gasteiger partial charge in [-0.15, -0.1) is 0 Å². The molecule has 9 heteroatoms. The molecule has 0 amide bonds. The number of carbonyl (C=O) groups is 1. The molecule has 4 aromatic rings. The fourth-order valence-electron chi connectivity index (χ4n) is 3.02. The third kappa shape index (κ3) is 4.59. The molecule has 4 rings (SSSR count). The van der Waals surface area contributed by atoms with Gasteiger partial charge in [-0.1, -0.05) is 36.7 Å². The minimum atomic E-state index is -1.01. The van der Waals surface area contributed by atoms with E-state index in [9.17, 15) is 9.18 Å². The minimum absolute atomic E-state index is 0.0404. The number of rotatable bonds is 5. The van der Waals surface area contributed by atoms with E-state index >= 15 is 0 Å². The van der Waals surface area contributed by atoms with Crippen molar-refractivity contribution in [3.8, 4) is 23.0 Å². The second-order valence-corrected chi connectivity index (χ2v) is 7.10. The number of hydrogen-bond donors (Lipinski definition) is 1. The standard InChI is InChI=1S/C20H16ClFN4O3.C2H6/c1-10-3-5-17-23-16(9-26(17)11(10)2)20-24-19(25-29-20)13-8-15(22)12(7-14(13)21)4-6-18(27)28;1-2/h3,5,7-9H,4,6H2,1-2H3,(H,27,28);1-2H3. The minimum Gasteiger partial charge on any atom is -0.481 e. The second kappa shape index (κ2) is 9.26. The Labute approximate surface area is 183 Å². The van der Waals surface area contributed by atoms with Crippen LogP contribution in [0.3, 0.4) is 0 Å². The Balaban J connectivity index is 0.00000132. The van der Waals surface area contributed by atoms with Crippen LogP contribution in [0.2, 0.25) is 5.02 Å². The second-order valence-electron chi connectivity index (χ2n) is 6.70. The van der Waals surface area contributed by atoms with Gasteiger partial charge >= 0.3 is 5.97 Å². The van der Waals surface area contributed by atoms with Gasteiger partial charge in [-0.25, -0.2) is 9.37 Å². The summed E-state index contributed by atoms with van der Waals surface area (Å²) in [6.07, 6.45) is 1.65. The van der Waals surface area contributed by atoms with E-state index in [1.54, 1.807) is 6.20 Å². The van der Waals surface area contributed by atoms with Gasteiger partial charge in [-0.3, -0.25) is 4.79 Å². The average Bonchev–Trinajstić information content (AvgIpc) is 3.40. The van der Waals surface area contributed by atoms with Crippen molar-refractivity contribution in [3.63, 3.8) is 0 Å². The molecule has 0 atom stereocenters. The molecule has 162 valence electrons. The van der Waals surface area contributed by atoms with Crippen molar-refractivity contribution < 1.29 is 18.8 Å². The molecule has 0 spiro atoms. The molecular formula is C22H22ClFN4O3. The molecule has 1 aromatic carbocycles. The lowest BCUT2D eigenvalue weighted by molar-refractivity contribution is -0.136. The van der Waals surface area contributed by atoms with Crippen LogP contribution in [0.15, 0.2) is 35.0 Å². The Morgan fingerprint density at radius 2 is 1.97 bits per heavy atom. The molecule has 0 saturated heterocycles. The largest absolute Gasteiger partial charge is 0.481 e. The van der Waals surface area contributed by atoms with Crippen LogP contribution >= 0.6 is 11.6 Å². The summed E-state index contributed by atoms with van der Waals surface area (Å²) in [7, 11) is 0. The van der Waals surface area contributed by atoms with Gasteiger partial charge in [0.2, 0.25) is 5.82 Å². The van der Waals surface area contributed by atoms with Gasteiger partial charge in [0.15, 0.2) is 0 Å².